The second-order valence-corrected chi connectivity index (χ2v) is 7.71. The first-order valence-corrected chi connectivity index (χ1v) is 9.85. The highest BCUT2D eigenvalue weighted by Crippen LogP contribution is 2.30. The van der Waals surface area contributed by atoms with Gasteiger partial charge in [-0.3, -0.25) is 9.59 Å². The number of aromatic nitrogens is 2. The number of aryl methyl sites for hydroxylation is 1. The van der Waals surface area contributed by atoms with Crippen molar-refractivity contribution < 1.29 is 27.5 Å². The van der Waals surface area contributed by atoms with Crippen LogP contribution in [-0.4, -0.2) is 34.6 Å². The Morgan fingerprint density at radius 3 is 2.61 bits per heavy atom. The molecule has 11 heteroatoms. The summed E-state index contributed by atoms with van der Waals surface area (Å²) in [7, 11) is 0. The summed E-state index contributed by atoms with van der Waals surface area (Å²) in [6.45, 7) is 1.87. The van der Waals surface area contributed by atoms with Crippen molar-refractivity contribution in [3.8, 4) is 5.88 Å². The summed E-state index contributed by atoms with van der Waals surface area (Å²) in [4.78, 5) is 32.7. The summed E-state index contributed by atoms with van der Waals surface area (Å²) >= 11 is 5.96. The molecule has 0 saturated heterocycles. The van der Waals surface area contributed by atoms with Gasteiger partial charge in [-0.15, -0.1) is 0 Å². The molecule has 0 radical (unpaired) electrons. The molecule has 1 fully saturated rings. The van der Waals surface area contributed by atoms with E-state index in [2.05, 4.69) is 25.3 Å². The molecule has 2 amide bonds. The molecule has 7 nitrogen and oxygen atoms in total. The predicted octanol–water partition coefficient (Wildman–Crippen LogP) is 4.22. The quantitative estimate of drug-likeness (QED) is 0.650. The smallest absolute Gasteiger partial charge is 0.422 e. The molecule has 1 aliphatic carbocycles. The molecule has 2 aromatic rings. The Labute approximate surface area is 181 Å². The Balaban J connectivity index is 1.66. The number of carbonyl (C=O) groups excluding carboxylic acids is 2. The summed E-state index contributed by atoms with van der Waals surface area (Å²) in [5.74, 6) is -0.590. The molecule has 1 saturated carbocycles. The molecule has 1 atom stereocenters. The maximum Gasteiger partial charge on any atom is 0.422 e. The molecule has 3 rings (SSSR count). The number of ether oxygens (including phenoxy) is 1. The van der Waals surface area contributed by atoms with Gasteiger partial charge in [0.15, 0.2) is 6.61 Å². The zero-order valence-corrected chi connectivity index (χ0v) is 17.5. The number of hydrogen-bond acceptors (Lipinski definition) is 5. The Morgan fingerprint density at radius 2 is 2.00 bits per heavy atom. The van der Waals surface area contributed by atoms with Crippen LogP contribution in [0.4, 0.5) is 19.0 Å². The summed E-state index contributed by atoms with van der Waals surface area (Å²) in [6.07, 6.45) is -1.54. The van der Waals surface area contributed by atoms with Gasteiger partial charge in [-0.1, -0.05) is 11.6 Å². The lowest BCUT2D eigenvalue weighted by Gasteiger charge is -2.16. The molecule has 1 aliphatic rings. The van der Waals surface area contributed by atoms with Crippen LogP contribution in [0.25, 0.3) is 0 Å². The van der Waals surface area contributed by atoms with Crippen LogP contribution in [0.2, 0.25) is 5.02 Å². The van der Waals surface area contributed by atoms with E-state index < -0.39 is 24.7 Å². The van der Waals surface area contributed by atoms with Crippen LogP contribution in [0.15, 0.2) is 24.4 Å². The zero-order chi connectivity index (χ0) is 22.8. The van der Waals surface area contributed by atoms with Gasteiger partial charge < -0.3 is 15.4 Å². The van der Waals surface area contributed by atoms with Crippen molar-refractivity contribution in [3.63, 3.8) is 0 Å². The van der Waals surface area contributed by atoms with Gasteiger partial charge in [0.1, 0.15) is 10.8 Å². The SMILES string of the molecule is Cc1cc(C(=O)NC(C)c2cnc(OCC(F)(F)F)c(Cl)c2)cc(NC(=O)C2CC2)n1. The largest absolute Gasteiger partial charge is 0.467 e. The molecular formula is C20H20ClF3N4O3. The number of anilines is 1. The maximum atomic E-state index is 12.7. The molecule has 31 heavy (non-hydrogen) atoms. The molecule has 2 heterocycles. The second-order valence-electron chi connectivity index (χ2n) is 7.30. The fourth-order valence-corrected chi connectivity index (χ4v) is 2.96. The number of nitrogens with zero attached hydrogens (tertiary/aromatic N) is 2. The third-order valence-electron chi connectivity index (χ3n) is 4.46. The first-order chi connectivity index (χ1) is 14.5. The zero-order valence-electron chi connectivity index (χ0n) is 16.7. The van der Waals surface area contributed by atoms with E-state index in [0.717, 1.165) is 12.8 Å². The average Bonchev–Trinajstić information content (AvgIpc) is 3.51. The van der Waals surface area contributed by atoms with Crippen LogP contribution in [-0.2, 0) is 4.79 Å². The van der Waals surface area contributed by atoms with Crippen molar-refractivity contribution in [3.05, 3.63) is 46.2 Å². The monoisotopic (exact) mass is 456 g/mol. The van der Waals surface area contributed by atoms with E-state index in [-0.39, 0.29) is 22.7 Å². The van der Waals surface area contributed by atoms with Gasteiger partial charge in [0, 0.05) is 23.4 Å². The lowest BCUT2D eigenvalue weighted by atomic mass is 10.1. The number of nitrogens with one attached hydrogen (secondary N) is 2. The molecule has 0 aliphatic heterocycles. The highest BCUT2D eigenvalue weighted by molar-refractivity contribution is 6.31. The number of alkyl halides is 3. The third kappa shape index (κ3) is 6.55. The van der Waals surface area contributed by atoms with Crippen LogP contribution >= 0.6 is 11.6 Å². The Kier molecular flexibility index (Phi) is 6.68. The first kappa shape index (κ1) is 22.8. The minimum absolute atomic E-state index is 0.0000531. The Morgan fingerprint density at radius 1 is 1.29 bits per heavy atom. The van der Waals surface area contributed by atoms with Crippen molar-refractivity contribution in [2.75, 3.05) is 11.9 Å². The molecular weight excluding hydrogens is 437 g/mol. The number of hydrogen-bond donors (Lipinski definition) is 2. The van der Waals surface area contributed by atoms with E-state index in [1.165, 1.54) is 18.3 Å². The van der Waals surface area contributed by atoms with E-state index in [1.54, 1.807) is 19.9 Å². The van der Waals surface area contributed by atoms with Gasteiger partial charge in [-0.2, -0.15) is 13.2 Å². The van der Waals surface area contributed by atoms with E-state index in [9.17, 15) is 22.8 Å². The topological polar surface area (TPSA) is 93.2 Å². The number of pyridine rings is 2. The van der Waals surface area contributed by atoms with Gasteiger partial charge in [-0.25, -0.2) is 9.97 Å². The molecule has 2 aromatic heterocycles. The van der Waals surface area contributed by atoms with Gasteiger partial charge in [0.25, 0.3) is 5.91 Å². The number of amides is 2. The van der Waals surface area contributed by atoms with Crippen LogP contribution in [0.5, 0.6) is 5.88 Å². The van der Waals surface area contributed by atoms with E-state index in [0.29, 0.717) is 22.6 Å². The third-order valence-corrected chi connectivity index (χ3v) is 4.73. The van der Waals surface area contributed by atoms with Crippen LogP contribution in [0, 0.1) is 12.8 Å². The standard InChI is InChI=1S/C20H20ClF3N4O3/c1-10-5-13(7-16(26-10)28-17(29)12-3-4-12)18(30)27-11(2)14-6-15(21)19(25-8-14)31-9-20(22,23)24/h5-8,11-12H,3-4,9H2,1-2H3,(H,27,30)(H,26,28,29). The van der Waals surface area contributed by atoms with Crippen molar-refractivity contribution in [2.24, 2.45) is 5.92 Å². The minimum atomic E-state index is -4.51. The summed E-state index contributed by atoms with van der Waals surface area (Å²) in [5, 5.41) is 5.37. The van der Waals surface area contributed by atoms with Crippen LogP contribution < -0.4 is 15.4 Å². The van der Waals surface area contributed by atoms with Crippen LogP contribution in [0.3, 0.4) is 0 Å². The molecule has 0 bridgehead atoms. The van der Waals surface area contributed by atoms with Crippen molar-refractivity contribution in [1.82, 2.24) is 15.3 Å². The number of halogens is 4. The first-order valence-electron chi connectivity index (χ1n) is 9.47. The van der Waals surface area contributed by atoms with Gasteiger partial charge in [0.05, 0.1) is 6.04 Å². The lowest BCUT2D eigenvalue weighted by molar-refractivity contribution is -0.154. The van der Waals surface area contributed by atoms with E-state index in [1.807, 2.05) is 0 Å². The van der Waals surface area contributed by atoms with Crippen molar-refractivity contribution in [1.29, 1.82) is 0 Å². The lowest BCUT2D eigenvalue weighted by Crippen LogP contribution is -2.27. The molecule has 2 N–H and O–H groups in total. The van der Waals surface area contributed by atoms with Gasteiger partial charge in [-0.05, 0) is 50.5 Å². The Hall–Kier alpha value is -2.88. The highest BCUT2D eigenvalue weighted by atomic mass is 35.5. The number of rotatable bonds is 7. The second kappa shape index (κ2) is 9.09. The fourth-order valence-electron chi connectivity index (χ4n) is 2.73. The Bertz CT molecular complexity index is 996. The van der Waals surface area contributed by atoms with E-state index >= 15 is 0 Å². The molecule has 1 unspecified atom stereocenters. The highest BCUT2D eigenvalue weighted by Gasteiger charge is 2.30. The summed E-state index contributed by atoms with van der Waals surface area (Å²) in [6, 6.07) is 3.89. The molecule has 0 spiro atoms. The molecule has 166 valence electrons. The minimum Gasteiger partial charge on any atom is -0.467 e. The normalized spacial score (nSPS) is 14.6. The average molecular weight is 457 g/mol. The van der Waals surface area contributed by atoms with E-state index in [4.69, 9.17) is 11.6 Å². The van der Waals surface area contributed by atoms with Gasteiger partial charge in [0.2, 0.25) is 11.8 Å². The number of carbonyl (C=O) groups is 2. The maximum absolute atomic E-state index is 12.7. The summed E-state index contributed by atoms with van der Waals surface area (Å²) in [5.41, 5.74) is 1.34. The van der Waals surface area contributed by atoms with Crippen LogP contribution in [0.1, 0.15) is 47.4 Å². The predicted molar refractivity (Wildman–Crippen MR) is 107 cm³/mol. The van der Waals surface area contributed by atoms with Crippen molar-refractivity contribution >= 4 is 29.2 Å². The van der Waals surface area contributed by atoms with Gasteiger partial charge >= 0.3 is 6.18 Å². The molecule has 0 aromatic carbocycles. The summed E-state index contributed by atoms with van der Waals surface area (Å²) < 4.78 is 41.4. The van der Waals surface area contributed by atoms with Crippen molar-refractivity contribution in [2.45, 2.75) is 38.9 Å². The fraction of sp³-hybridized carbons (Fsp3) is 0.400.